The summed E-state index contributed by atoms with van der Waals surface area (Å²) in [5.74, 6) is 0.0306. The molecule has 0 aromatic carbocycles. The molecule has 1 aliphatic heterocycles. The van der Waals surface area contributed by atoms with Crippen LogP contribution in [0.4, 0.5) is 0 Å². The number of likely N-dealkylation sites (tertiary alicyclic amines) is 1. The second kappa shape index (κ2) is 7.53. The number of carbonyl (C=O) groups is 1. The van der Waals surface area contributed by atoms with Gasteiger partial charge in [0.2, 0.25) is 0 Å². The van der Waals surface area contributed by atoms with Crippen LogP contribution in [0, 0.1) is 5.92 Å². The van der Waals surface area contributed by atoms with Gasteiger partial charge in [-0.25, -0.2) is 9.86 Å². The molecular weight excluding hydrogens is 294 g/mol. The van der Waals surface area contributed by atoms with E-state index in [1.807, 2.05) is 20.8 Å². The van der Waals surface area contributed by atoms with Crippen molar-refractivity contribution >= 4 is 16.2 Å². The maximum Gasteiger partial charge on any atom is 0.307 e. The molecule has 0 saturated carbocycles. The third kappa shape index (κ3) is 9.02. The number of hydrogen-bond donors (Lipinski definition) is 2. The van der Waals surface area contributed by atoms with Gasteiger partial charge in [-0.2, -0.15) is 8.42 Å². The quantitative estimate of drug-likeness (QED) is 0.682. The molecule has 1 aliphatic rings. The minimum absolute atomic E-state index is 0.202. The lowest BCUT2D eigenvalue weighted by Crippen LogP contribution is -2.43. The molecule has 7 nitrogen and oxygen atoms in total. The third-order valence-corrected chi connectivity index (χ3v) is 3.80. The molecule has 0 amide bonds. The molecule has 0 spiro atoms. The molecule has 0 aliphatic carbocycles. The fourth-order valence-corrected chi connectivity index (χ4v) is 2.86. The predicted molar refractivity (Wildman–Crippen MR) is 80.7 cm³/mol. The molecule has 1 fully saturated rings. The Labute approximate surface area is 127 Å². The van der Waals surface area contributed by atoms with E-state index in [1.54, 1.807) is 0 Å². The van der Waals surface area contributed by atoms with Crippen molar-refractivity contribution in [3.05, 3.63) is 0 Å². The number of esters is 1. The lowest BCUT2D eigenvalue weighted by atomic mass is 9.98. The molecule has 1 atom stereocenters. The summed E-state index contributed by atoms with van der Waals surface area (Å²) < 4.78 is 29.4. The Morgan fingerprint density at radius 2 is 2.10 bits per heavy atom. The van der Waals surface area contributed by atoms with E-state index < -0.39 is 15.8 Å². The van der Waals surface area contributed by atoms with E-state index in [0.717, 1.165) is 25.9 Å². The normalized spacial score (nSPS) is 21.2. The first-order valence-corrected chi connectivity index (χ1v) is 8.81. The summed E-state index contributed by atoms with van der Waals surface area (Å²) in [5, 5.41) is 4.93. The molecule has 0 aromatic heterocycles. The number of ether oxygens (including phenoxy) is 1. The maximum atomic E-state index is 11.7. The van der Waals surface area contributed by atoms with Crippen molar-refractivity contribution < 1.29 is 17.9 Å². The van der Waals surface area contributed by atoms with Gasteiger partial charge in [-0.3, -0.25) is 4.79 Å². The Balaban J connectivity index is 2.31. The lowest BCUT2D eigenvalue weighted by Gasteiger charge is -2.32. The number of hydrogen-bond acceptors (Lipinski definition) is 5. The van der Waals surface area contributed by atoms with Gasteiger partial charge < -0.3 is 9.64 Å². The Kier molecular flexibility index (Phi) is 6.58. The molecule has 21 heavy (non-hydrogen) atoms. The van der Waals surface area contributed by atoms with Crippen molar-refractivity contribution in [3.8, 4) is 0 Å². The minimum atomic E-state index is -3.63. The first kappa shape index (κ1) is 18.3. The fourth-order valence-electron chi connectivity index (χ4n) is 2.40. The van der Waals surface area contributed by atoms with Crippen LogP contribution >= 0.6 is 0 Å². The summed E-state index contributed by atoms with van der Waals surface area (Å²) in [6.07, 6.45) is 2.31. The first-order valence-electron chi connectivity index (χ1n) is 7.27. The molecule has 0 radical (unpaired) electrons. The van der Waals surface area contributed by atoms with Crippen LogP contribution in [-0.2, 0) is 19.7 Å². The molecule has 1 heterocycles. The standard InChI is InChI=1S/C13H27N3O4S/c1-13(2,3)20-12(17)6-8-16-7-4-5-11(10-16)9-15-21(14,18)19/h11,15H,4-10H2,1-3H3,(H2,14,18,19). The minimum Gasteiger partial charge on any atom is -0.460 e. The Morgan fingerprint density at radius 1 is 1.43 bits per heavy atom. The van der Waals surface area contributed by atoms with E-state index in [2.05, 4.69) is 9.62 Å². The number of nitrogens with one attached hydrogen (secondary N) is 1. The summed E-state index contributed by atoms with van der Waals surface area (Å²) in [4.78, 5) is 13.9. The van der Waals surface area contributed by atoms with Crippen molar-refractivity contribution in [2.45, 2.75) is 45.6 Å². The molecule has 1 rings (SSSR count). The highest BCUT2D eigenvalue weighted by molar-refractivity contribution is 7.87. The van der Waals surface area contributed by atoms with E-state index in [0.29, 0.717) is 19.5 Å². The lowest BCUT2D eigenvalue weighted by molar-refractivity contribution is -0.155. The Morgan fingerprint density at radius 3 is 2.67 bits per heavy atom. The van der Waals surface area contributed by atoms with Crippen LogP contribution in [0.15, 0.2) is 0 Å². The summed E-state index contributed by atoms with van der Waals surface area (Å²) >= 11 is 0. The van der Waals surface area contributed by atoms with Crippen molar-refractivity contribution in [2.24, 2.45) is 11.1 Å². The molecule has 1 unspecified atom stereocenters. The zero-order chi connectivity index (χ0) is 16.1. The number of nitrogens with two attached hydrogens (primary N) is 1. The molecule has 0 aromatic rings. The molecule has 0 bridgehead atoms. The SMILES string of the molecule is CC(C)(C)OC(=O)CCN1CCCC(CNS(N)(=O)=O)C1. The second-order valence-electron chi connectivity index (χ2n) is 6.54. The number of rotatable bonds is 6. The van der Waals surface area contributed by atoms with E-state index >= 15 is 0 Å². The highest BCUT2D eigenvalue weighted by Gasteiger charge is 2.22. The summed E-state index contributed by atoms with van der Waals surface area (Å²) in [6, 6.07) is 0. The van der Waals surface area contributed by atoms with Crippen LogP contribution in [0.5, 0.6) is 0 Å². The van der Waals surface area contributed by atoms with Gasteiger partial charge in [0.15, 0.2) is 0 Å². The van der Waals surface area contributed by atoms with Gasteiger partial charge >= 0.3 is 5.97 Å². The summed E-state index contributed by atoms with van der Waals surface area (Å²) in [6.45, 7) is 8.23. The maximum absolute atomic E-state index is 11.7. The van der Waals surface area contributed by atoms with E-state index in [9.17, 15) is 13.2 Å². The smallest absolute Gasteiger partial charge is 0.307 e. The van der Waals surface area contributed by atoms with Gasteiger partial charge in [0.1, 0.15) is 5.60 Å². The molecule has 124 valence electrons. The molecule has 1 saturated heterocycles. The third-order valence-electron chi connectivity index (χ3n) is 3.23. The van der Waals surface area contributed by atoms with Gasteiger partial charge in [-0.15, -0.1) is 0 Å². The van der Waals surface area contributed by atoms with Gasteiger partial charge in [0.25, 0.3) is 10.2 Å². The van der Waals surface area contributed by atoms with Crippen LogP contribution in [0.2, 0.25) is 0 Å². The molecule has 3 N–H and O–H groups in total. The average Bonchev–Trinajstić information content (AvgIpc) is 2.32. The monoisotopic (exact) mass is 321 g/mol. The van der Waals surface area contributed by atoms with Crippen molar-refractivity contribution in [3.63, 3.8) is 0 Å². The van der Waals surface area contributed by atoms with Crippen LogP contribution < -0.4 is 9.86 Å². The highest BCUT2D eigenvalue weighted by Crippen LogP contribution is 2.16. The van der Waals surface area contributed by atoms with Gasteiger partial charge in [0, 0.05) is 19.6 Å². The average molecular weight is 321 g/mol. The van der Waals surface area contributed by atoms with E-state index in [-0.39, 0.29) is 11.9 Å². The topological polar surface area (TPSA) is 102 Å². The zero-order valence-corrected chi connectivity index (χ0v) is 13.9. The number of piperidine rings is 1. The molecular formula is C13H27N3O4S. The summed E-state index contributed by atoms with van der Waals surface area (Å²) in [7, 11) is -3.63. The largest absolute Gasteiger partial charge is 0.460 e. The molecule has 8 heteroatoms. The van der Waals surface area contributed by atoms with Crippen molar-refractivity contribution in [1.29, 1.82) is 0 Å². The summed E-state index contributed by atoms with van der Waals surface area (Å²) in [5.41, 5.74) is -0.457. The van der Waals surface area contributed by atoms with Crippen LogP contribution in [-0.4, -0.2) is 51.1 Å². The van der Waals surface area contributed by atoms with Crippen LogP contribution in [0.3, 0.4) is 0 Å². The van der Waals surface area contributed by atoms with Crippen molar-refractivity contribution in [2.75, 3.05) is 26.2 Å². The Hall–Kier alpha value is -0.700. The van der Waals surface area contributed by atoms with E-state index in [1.165, 1.54) is 0 Å². The van der Waals surface area contributed by atoms with E-state index in [4.69, 9.17) is 9.88 Å². The highest BCUT2D eigenvalue weighted by atomic mass is 32.2. The number of nitrogens with zero attached hydrogens (tertiary/aromatic N) is 1. The van der Waals surface area contributed by atoms with Crippen LogP contribution in [0.1, 0.15) is 40.0 Å². The first-order chi connectivity index (χ1) is 9.55. The van der Waals surface area contributed by atoms with Gasteiger partial charge in [0.05, 0.1) is 6.42 Å². The zero-order valence-electron chi connectivity index (χ0n) is 13.1. The second-order valence-corrected chi connectivity index (χ2v) is 7.92. The van der Waals surface area contributed by atoms with Gasteiger partial charge in [-0.1, -0.05) is 0 Å². The predicted octanol–water partition coefficient (Wildman–Crippen LogP) is 0.223. The van der Waals surface area contributed by atoms with Crippen LogP contribution in [0.25, 0.3) is 0 Å². The van der Waals surface area contributed by atoms with Crippen molar-refractivity contribution in [1.82, 2.24) is 9.62 Å². The fraction of sp³-hybridized carbons (Fsp3) is 0.923. The van der Waals surface area contributed by atoms with Gasteiger partial charge in [-0.05, 0) is 46.1 Å². The Bertz CT molecular complexity index is 445. The number of carbonyl (C=O) groups excluding carboxylic acids is 1.